The van der Waals surface area contributed by atoms with Gasteiger partial charge in [0.2, 0.25) is 0 Å². The standard InChI is InChI=1S/C17H19NO5/c1-18-9-13(16(19)22-3)15(14(10-18)17(20)23-4)11-5-7-12(21-2)8-6-11/h5-10,15H,1-4H3. The predicted octanol–water partition coefficient (Wildman–Crippen LogP) is 1.84. The lowest BCUT2D eigenvalue weighted by Crippen LogP contribution is -2.27. The van der Waals surface area contributed by atoms with Gasteiger partial charge in [0.25, 0.3) is 0 Å². The van der Waals surface area contributed by atoms with Gasteiger partial charge in [-0.25, -0.2) is 9.59 Å². The van der Waals surface area contributed by atoms with Gasteiger partial charge in [-0.1, -0.05) is 12.1 Å². The maximum atomic E-state index is 12.2. The zero-order valence-corrected chi connectivity index (χ0v) is 13.5. The zero-order valence-electron chi connectivity index (χ0n) is 13.5. The first-order chi connectivity index (χ1) is 11.0. The van der Waals surface area contributed by atoms with Crippen LogP contribution in [0.1, 0.15) is 11.5 Å². The van der Waals surface area contributed by atoms with Crippen LogP contribution in [0, 0.1) is 0 Å². The summed E-state index contributed by atoms with van der Waals surface area (Å²) in [6.07, 6.45) is 3.29. The van der Waals surface area contributed by atoms with Gasteiger partial charge in [-0.2, -0.15) is 0 Å². The van der Waals surface area contributed by atoms with Crippen LogP contribution >= 0.6 is 0 Å². The molecular formula is C17H19NO5. The Hall–Kier alpha value is -2.76. The first kappa shape index (κ1) is 16.6. The Bertz CT molecular complexity index is 626. The van der Waals surface area contributed by atoms with Crippen molar-refractivity contribution in [1.82, 2.24) is 4.90 Å². The maximum Gasteiger partial charge on any atom is 0.336 e. The van der Waals surface area contributed by atoms with Crippen LogP contribution < -0.4 is 4.74 Å². The van der Waals surface area contributed by atoms with Crippen LogP contribution in [0.3, 0.4) is 0 Å². The third-order valence-electron chi connectivity index (χ3n) is 3.60. The average Bonchev–Trinajstić information content (AvgIpc) is 2.59. The molecule has 0 N–H and O–H groups in total. The van der Waals surface area contributed by atoms with Crippen LogP contribution in [0.4, 0.5) is 0 Å². The van der Waals surface area contributed by atoms with Gasteiger partial charge in [-0.05, 0) is 17.7 Å². The van der Waals surface area contributed by atoms with Gasteiger partial charge in [0.05, 0.1) is 38.4 Å². The fraction of sp³-hybridized carbons (Fsp3) is 0.294. The zero-order chi connectivity index (χ0) is 17.0. The minimum atomic E-state index is -0.558. The molecule has 6 nitrogen and oxygen atoms in total. The van der Waals surface area contributed by atoms with Crippen LogP contribution in [0.15, 0.2) is 47.8 Å². The van der Waals surface area contributed by atoms with E-state index in [1.165, 1.54) is 14.2 Å². The first-order valence-corrected chi connectivity index (χ1v) is 6.97. The van der Waals surface area contributed by atoms with Gasteiger partial charge in [-0.3, -0.25) is 0 Å². The Morgan fingerprint density at radius 1 is 0.913 bits per heavy atom. The summed E-state index contributed by atoms with van der Waals surface area (Å²) in [5.41, 5.74) is 1.50. The molecule has 0 fully saturated rings. The Kier molecular flexibility index (Phi) is 5.05. The number of esters is 2. The number of nitrogens with zero attached hydrogens (tertiary/aromatic N) is 1. The van der Waals surface area contributed by atoms with Gasteiger partial charge < -0.3 is 19.1 Å². The van der Waals surface area contributed by atoms with Crippen molar-refractivity contribution in [3.05, 3.63) is 53.4 Å². The van der Waals surface area contributed by atoms with E-state index in [1.54, 1.807) is 43.6 Å². The Morgan fingerprint density at radius 2 is 1.39 bits per heavy atom. The molecule has 1 aliphatic rings. The van der Waals surface area contributed by atoms with Gasteiger partial charge in [0, 0.05) is 19.4 Å². The fourth-order valence-corrected chi connectivity index (χ4v) is 2.52. The van der Waals surface area contributed by atoms with Crippen LogP contribution in [-0.4, -0.2) is 45.2 Å². The second-order valence-corrected chi connectivity index (χ2v) is 5.02. The van der Waals surface area contributed by atoms with Crippen LogP contribution in [0.2, 0.25) is 0 Å². The summed E-state index contributed by atoms with van der Waals surface area (Å²) in [4.78, 5) is 25.9. The monoisotopic (exact) mass is 317 g/mol. The van der Waals surface area contributed by atoms with Crippen molar-refractivity contribution in [3.8, 4) is 5.75 Å². The number of benzene rings is 1. The predicted molar refractivity (Wildman–Crippen MR) is 83.7 cm³/mol. The number of rotatable bonds is 4. The SMILES string of the molecule is COC(=O)C1=CN(C)C=C(C(=O)OC)C1c1ccc(OC)cc1. The molecule has 0 bridgehead atoms. The highest BCUT2D eigenvalue weighted by atomic mass is 16.5. The number of methoxy groups -OCH3 is 3. The van der Waals surface area contributed by atoms with Gasteiger partial charge in [-0.15, -0.1) is 0 Å². The molecular weight excluding hydrogens is 298 g/mol. The summed E-state index contributed by atoms with van der Waals surface area (Å²) in [5.74, 6) is -0.856. The number of hydrogen-bond acceptors (Lipinski definition) is 6. The molecule has 1 aromatic carbocycles. The summed E-state index contributed by atoms with van der Waals surface area (Å²) in [6.45, 7) is 0. The lowest BCUT2D eigenvalue weighted by Gasteiger charge is -2.28. The molecule has 1 heterocycles. The van der Waals surface area contributed by atoms with Crippen molar-refractivity contribution in [1.29, 1.82) is 0 Å². The number of carbonyl (C=O) groups is 2. The molecule has 0 aromatic heterocycles. The molecule has 0 saturated heterocycles. The lowest BCUT2D eigenvalue weighted by atomic mass is 9.83. The highest BCUT2D eigenvalue weighted by molar-refractivity contribution is 5.98. The van der Waals surface area contributed by atoms with E-state index in [1.807, 2.05) is 12.1 Å². The molecule has 0 radical (unpaired) electrons. The normalized spacial score (nSPS) is 14.7. The fourth-order valence-electron chi connectivity index (χ4n) is 2.52. The van der Waals surface area contributed by atoms with Gasteiger partial charge in [0.15, 0.2) is 0 Å². The van der Waals surface area contributed by atoms with Crippen molar-refractivity contribution in [2.75, 3.05) is 28.4 Å². The average molecular weight is 317 g/mol. The largest absolute Gasteiger partial charge is 0.497 e. The molecule has 122 valence electrons. The summed E-state index contributed by atoms with van der Waals surface area (Å²) >= 11 is 0. The quantitative estimate of drug-likeness (QED) is 0.790. The Morgan fingerprint density at radius 3 is 1.78 bits per heavy atom. The van der Waals surface area contributed by atoms with Crippen LogP contribution in [0.5, 0.6) is 5.75 Å². The molecule has 1 aromatic rings. The third-order valence-corrected chi connectivity index (χ3v) is 3.60. The van der Waals surface area contributed by atoms with Crippen molar-refractivity contribution < 1.29 is 23.8 Å². The molecule has 0 amide bonds. The number of carbonyl (C=O) groups excluding carboxylic acids is 2. The first-order valence-electron chi connectivity index (χ1n) is 6.97. The molecule has 0 saturated carbocycles. The third kappa shape index (κ3) is 3.36. The summed E-state index contributed by atoms with van der Waals surface area (Å²) in [7, 11) is 5.93. The minimum absolute atomic E-state index is 0.364. The van der Waals surface area contributed by atoms with Gasteiger partial charge >= 0.3 is 11.9 Å². The number of hydrogen-bond donors (Lipinski definition) is 0. The smallest absolute Gasteiger partial charge is 0.336 e. The van der Waals surface area contributed by atoms with Crippen molar-refractivity contribution >= 4 is 11.9 Å². The maximum absolute atomic E-state index is 12.2. The van der Waals surface area contributed by atoms with E-state index in [2.05, 4.69) is 0 Å². The molecule has 0 spiro atoms. The summed E-state index contributed by atoms with van der Waals surface area (Å²) < 4.78 is 14.9. The highest BCUT2D eigenvalue weighted by Gasteiger charge is 2.34. The van der Waals surface area contributed by atoms with E-state index >= 15 is 0 Å². The molecule has 2 rings (SSSR count). The van der Waals surface area contributed by atoms with E-state index in [9.17, 15) is 9.59 Å². The Labute approximate surface area is 134 Å². The molecule has 23 heavy (non-hydrogen) atoms. The van der Waals surface area contributed by atoms with Crippen molar-refractivity contribution in [2.45, 2.75) is 5.92 Å². The summed E-state index contributed by atoms with van der Waals surface area (Å²) in [5, 5.41) is 0. The van der Waals surface area contributed by atoms with Crippen molar-refractivity contribution in [2.24, 2.45) is 0 Å². The molecule has 6 heteroatoms. The topological polar surface area (TPSA) is 65.1 Å². The van der Waals surface area contributed by atoms with E-state index in [4.69, 9.17) is 14.2 Å². The highest BCUT2D eigenvalue weighted by Crippen LogP contribution is 2.37. The van der Waals surface area contributed by atoms with E-state index in [0.717, 1.165) is 5.56 Å². The Balaban J connectivity index is 2.53. The van der Waals surface area contributed by atoms with Crippen LogP contribution in [0.25, 0.3) is 0 Å². The second-order valence-electron chi connectivity index (χ2n) is 5.02. The molecule has 1 aliphatic heterocycles. The second kappa shape index (κ2) is 7.00. The lowest BCUT2D eigenvalue weighted by molar-refractivity contribution is -0.137. The van der Waals surface area contributed by atoms with E-state index < -0.39 is 17.9 Å². The molecule has 0 atom stereocenters. The molecule has 0 unspecified atom stereocenters. The van der Waals surface area contributed by atoms with Crippen LogP contribution in [-0.2, 0) is 19.1 Å². The number of ether oxygens (including phenoxy) is 3. The van der Waals surface area contributed by atoms with Gasteiger partial charge in [0.1, 0.15) is 5.75 Å². The van der Waals surface area contributed by atoms with E-state index in [0.29, 0.717) is 16.9 Å². The minimum Gasteiger partial charge on any atom is -0.497 e. The van der Waals surface area contributed by atoms with E-state index in [-0.39, 0.29) is 0 Å². The summed E-state index contributed by atoms with van der Waals surface area (Å²) in [6, 6.07) is 7.17. The van der Waals surface area contributed by atoms with Crippen molar-refractivity contribution in [3.63, 3.8) is 0 Å². The molecule has 0 aliphatic carbocycles.